The third-order valence-corrected chi connectivity index (χ3v) is 7.02. The maximum atomic E-state index is 13.6. The number of halogens is 3. The number of sulfone groups is 1. The fourth-order valence-electron chi connectivity index (χ4n) is 3.46. The Morgan fingerprint density at radius 2 is 1.90 bits per heavy atom. The van der Waals surface area contributed by atoms with Crippen LogP contribution in [0.3, 0.4) is 0 Å². The molecule has 0 unspecified atom stereocenters. The highest BCUT2D eigenvalue weighted by molar-refractivity contribution is 7.91. The summed E-state index contributed by atoms with van der Waals surface area (Å²) in [5, 5.41) is 0. The average Bonchev–Trinajstić information content (AvgIpc) is 3.44. The molecule has 11 heteroatoms. The summed E-state index contributed by atoms with van der Waals surface area (Å²) in [4.78, 5) is 28.5. The van der Waals surface area contributed by atoms with Gasteiger partial charge in [0.15, 0.2) is 15.6 Å². The largest absolute Gasteiger partial charge is 0.431 e. The Morgan fingerprint density at radius 1 is 1.23 bits per heavy atom. The van der Waals surface area contributed by atoms with Crippen LogP contribution >= 0.6 is 0 Å². The van der Waals surface area contributed by atoms with Crippen molar-refractivity contribution in [2.75, 3.05) is 5.75 Å². The second-order valence-corrected chi connectivity index (χ2v) is 9.68. The van der Waals surface area contributed by atoms with Crippen LogP contribution in [-0.4, -0.2) is 33.9 Å². The molecule has 1 saturated carbocycles. The van der Waals surface area contributed by atoms with E-state index in [0.29, 0.717) is 12.8 Å². The highest BCUT2D eigenvalue weighted by Crippen LogP contribution is 2.39. The van der Waals surface area contributed by atoms with E-state index >= 15 is 0 Å². The Kier molecular flexibility index (Phi) is 4.84. The van der Waals surface area contributed by atoms with Gasteiger partial charge in [-0.15, -0.1) is 0 Å². The van der Waals surface area contributed by atoms with Crippen LogP contribution < -0.4 is 5.69 Å². The summed E-state index contributed by atoms with van der Waals surface area (Å²) in [5.41, 5.74) is -1.89. The molecule has 0 bridgehead atoms. The first kappa shape index (κ1) is 21.3. The van der Waals surface area contributed by atoms with E-state index in [2.05, 4.69) is 4.98 Å². The van der Waals surface area contributed by atoms with Gasteiger partial charge in [-0.25, -0.2) is 18.2 Å². The summed E-state index contributed by atoms with van der Waals surface area (Å²) in [5.74, 6) is -0.585. The fraction of sp³-hybridized carbons (Fsp3) is 0.350. The molecule has 0 N–H and O–H groups in total. The number of hydrogen-bond acceptors (Lipinski definition) is 5. The topological polar surface area (TPSA) is 90.5 Å². The molecule has 0 atom stereocenters. The first-order valence-corrected chi connectivity index (χ1v) is 11.2. The summed E-state index contributed by atoms with van der Waals surface area (Å²) >= 11 is 0. The van der Waals surface area contributed by atoms with E-state index in [4.69, 9.17) is 0 Å². The SMILES string of the molecule is CCS(=O)(=O)c1cc(C(C)=O)ccc1-c1cn2c(=O)n(C3CC3)c(C(F)(F)F)cc2n1. The number of hydrogen-bond donors (Lipinski definition) is 0. The van der Waals surface area contributed by atoms with Crippen molar-refractivity contribution in [1.29, 1.82) is 0 Å². The molecule has 0 radical (unpaired) electrons. The van der Waals surface area contributed by atoms with E-state index in [9.17, 15) is 31.2 Å². The number of rotatable bonds is 5. The molecular weight excluding hydrogens is 435 g/mol. The van der Waals surface area contributed by atoms with Crippen molar-refractivity contribution < 1.29 is 26.4 Å². The number of imidazole rings is 1. The number of nitrogens with zero attached hydrogens (tertiary/aromatic N) is 3. The second kappa shape index (κ2) is 7.04. The number of aromatic nitrogens is 3. The fourth-order valence-corrected chi connectivity index (χ4v) is 4.59. The minimum Gasteiger partial charge on any atom is -0.295 e. The summed E-state index contributed by atoms with van der Waals surface area (Å²) in [6, 6.07) is 4.29. The smallest absolute Gasteiger partial charge is 0.295 e. The average molecular weight is 453 g/mol. The summed E-state index contributed by atoms with van der Waals surface area (Å²) in [6.45, 7) is 2.73. The molecule has 1 aliphatic carbocycles. The first-order valence-electron chi connectivity index (χ1n) is 9.54. The van der Waals surface area contributed by atoms with Crippen molar-refractivity contribution in [2.45, 2.75) is 43.8 Å². The molecule has 0 spiro atoms. The third kappa shape index (κ3) is 3.67. The Morgan fingerprint density at radius 3 is 2.45 bits per heavy atom. The van der Waals surface area contributed by atoms with Crippen molar-refractivity contribution >= 4 is 21.3 Å². The number of alkyl halides is 3. The molecule has 164 valence electrons. The number of ketones is 1. The molecule has 0 aliphatic heterocycles. The van der Waals surface area contributed by atoms with E-state index in [1.54, 1.807) is 0 Å². The van der Waals surface area contributed by atoms with Gasteiger partial charge in [-0.05, 0) is 25.8 Å². The van der Waals surface area contributed by atoms with Crippen LogP contribution in [0.2, 0.25) is 0 Å². The molecule has 1 fully saturated rings. The standard InChI is InChI=1S/C20H18F3N3O4S/c1-3-31(29,30)16-8-12(11(2)27)4-7-14(16)15-10-25-18(24-15)9-17(20(21,22)23)26(19(25)28)13-5-6-13/h4,7-10,13H,3,5-6H2,1-2H3. The van der Waals surface area contributed by atoms with Gasteiger partial charge in [0.05, 0.1) is 16.3 Å². The first-order chi connectivity index (χ1) is 14.4. The lowest BCUT2D eigenvalue weighted by molar-refractivity contribution is -0.144. The van der Waals surface area contributed by atoms with Crippen molar-refractivity contribution in [2.24, 2.45) is 0 Å². The quantitative estimate of drug-likeness (QED) is 0.552. The lowest BCUT2D eigenvalue weighted by atomic mass is 10.1. The van der Waals surface area contributed by atoms with Crippen LogP contribution in [0.1, 0.15) is 48.8 Å². The number of benzene rings is 1. The Hall–Kier alpha value is -2.95. The van der Waals surface area contributed by atoms with Gasteiger partial charge in [0.25, 0.3) is 0 Å². The summed E-state index contributed by atoms with van der Waals surface area (Å²) in [7, 11) is -3.79. The van der Waals surface area contributed by atoms with Crippen LogP contribution in [0, 0.1) is 0 Å². The lowest BCUT2D eigenvalue weighted by Crippen LogP contribution is -2.31. The molecule has 1 aliphatic rings. The number of carbonyl (C=O) groups excluding carboxylic acids is 1. The summed E-state index contributed by atoms with van der Waals surface area (Å²) in [6.07, 6.45) is -2.56. The molecule has 31 heavy (non-hydrogen) atoms. The van der Waals surface area contributed by atoms with E-state index in [0.717, 1.165) is 15.0 Å². The van der Waals surface area contributed by atoms with Crippen LogP contribution in [0.5, 0.6) is 0 Å². The van der Waals surface area contributed by atoms with Crippen molar-refractivity contribution in [3.05, 3.63) is 52.2 Å². The number of carbonyl (C=O) groups is 1. The summed E-state index contributed by atoms with van der Waals surface area (Å²) < 4.78 is 67.6. The highest BCUT2D eigenvalue weighted by Gasteiger charge is 2.40. The van der Waals surface area contributed by atoms with E-state index in [1.807, 2.05) is 0 Å². The Balaban J connectivity index is 1.99. The van der Waals surface area contributed by atoms with Gasteiger partial charge >= 0.3 is 11.9 Å². The van der Waals surface area contributed by atoms with Crippen LogP contribution in [0.15, 0.2) is 40.2 Å². The zero-order valence-electron chi connectivity index (χ0n) is 16.6. The maximum Gasteiger partial charge on any atom is 0.431 e. The van der Waals surface area contributed by atoms with Gasteiger partial charge in [-0.2, -0.15) is 13.2 Å². The Bertz CT molecular complexity index is 1380. The molecule has 7 nitrogen and oxygen atoms in total. The molecule has 3 aromatic rings. The predicted octanol–water partition coefficient (Wildman–Crippen LogP) is 3.51. The zero-order chi connectivity index (χ0) is 22.7. The second-order valence-electron chi connectivity index (χ2n) is 7.44. The predicted molar refractivity (Wildman–Crippen MR) is 106 cm³/mol. The molecular formula is C20H18F3N3O4S. The molecule has 4 rings (SSSR count). The van der Waals surface area contributed by atoms with Gasteiger partial charge in [0.1, 0.15) is 11.3 Å². The maximum absolute atomic E-state index is 13.6. The number of Topliss-reactive ketones (excluding diaryl/α,β-unsaturated/α-hetero) is 1. The van der Waals surface area contributed by atoms with Crippen LogP contribution in [0.25, 0.3) is 16.9 Å². The minimum absolute atomic E-state index is 0.0286. The van der Waals surface area contributed by atoms with Crippen molar-refractivity contribution in [1.82, 2.24) is 14.0 Å². The van der Waals surface area contributed by atoms with E-state index in [1.165, 1.54) is 38.2 Å². The zero-order valence-corrected chi connectivity index (χ0v) is 17.4. The van der Waals surface area contributed by atoms with Gasteiger partial charge in [0.2, 0.25) is 0 Å². The molecule has 2 aromatic heterocycles. The highest BCUT2D eigenvalue weighted by atomic mass is 32.2. The molecule has 0 saturated heterocycles. The lowest BCUT2D eigenvalue weighted by Gasteiger charge is -2.14. The Labute approximate surface area is 175 Å². The van der Waals surface area contributed by atoms with E-state index in [-0.39, 0.29) is 38.9 Å². The monoisotopic (exact) mass is 453 g/mol. The van der Waals surface area contributed by atoms with Gasteiger partial charge < -0.3 is 0 Å². The molecule has 0 amide bonds. The van der Waals surface area contributed by atoms with Crippen LogP contribution in [-0.2, 0) is 16.0 Å². The normalized spacial score (nSPS) is 14.9. The van der Waals surface area contributed by atoms with Crippen LogP contribution in [0.4, 0.5) is 13.2 Å². The van der Waals surface area contributed by atoms with Crippen molar-refractivity contribution in [3.8, 4) is 11.3 Å². The molecule has 2 heterocycles. The van der Waals surface area contributed by atoms with E-state index < -0.39 is 33.4 Å². The van der Waals surface area contributed by atoms with Crippen molar-refractivity contribution in [3.63, 3.8) is 0 Å². The third-order valence-electron chi connectivity index (χ3n) is 5.25. The van der Waals surface area contributed by atoms with Gasteiger partial charge in [-0.3, -0.25) is 13.8 Å². The number of fused-ring (bicyclic) bond motifs is 1. The molecule has 1 aromatic carbocycles. The van der Waals surface area contributed by atoms with Gasteiger partial charge in [0, 0.05) is 29.4 Å². The minimum atomic E-state index is -4.74. The van der Waals surface area contributed by atoms with Gasteiger partial charge in [-0.1, -0.05) is 19.1 Å².